The molecule has 4 atom stereocenters. The Morgan fingerprint density at radius 1 is 1.18 bits per heavy atom. The molecule has 3 N–H and O–H groups in total. The molecule has 34 heavy (non-hydrogen) atoms. The molecule has 4 aromatic rings. The summed E-state index contributed by atoms with van der Waals surface area (Å²) in [6, 6.07) is 10.4. The number of aryl methyl sites for hydroxylation is 1. The molecule has 1 aliphatic heterocycles. The van der Waals surface area contributed by atoms with E-state index in [4.69, 9.17) is 20.7 Å². The highest BCUT2D eigenvalue weighted by Crippen LogP contribution is 2.38. The number of nitrogens with one attached hydrogen (secondary N) is 1. The zero-order valence-electron chi connectivity index (χ0n) is 18.4. The number of anilines is 1. The van der Waals surface area contributed by atoms with E-state index in [1.807, 2.05) is 30.5 Å². The lowest BCUT2D eigenvalue weighted by Crippen LogP contribution is -2.19. The van der Waals surface area contributed by atoms with Crippen LogP contribution in [0.15, 0.2) is 42.9 Å². The van der Waals surface area contributed by atoms with Crippen molar-refractivity contribution >= 4 is 17.1 Å². The summed E-state index contributed by atoms with van der Waals surface area (Å²) in [5.41, 5.74) is 9.99. The first-order valence-electron chi connectivity index (χ1n) is 11.4. The molecule has 3 aromatic heterocycles. The minimum Gasteiger partial charge on any atom is -0.353 e. The van der Waals surface area contributed by atoms with Gasteiger partial charge in [0.05, 0.1) is 37.1 Å². The normalized spacial score (nSPS) is 23.8. The van der Waals surface area contributed by atoms with E-state index in [-0.39, 0.29) is 12.3 Å². The van der Waals surface area contributed by atoms with Crippen LogP contribution in [0.4, 0.5) is 5.95 Å². The van der Waals surface area contributed by atoms with Crippen molar-refractivity contribution in [2.75, 3.05) is 5.32 Å². The van der Waals surface area contributed by atoms with Crippen LogP contribution in [-0.4, -0.2) is 53.1 Å². The van der Waals surface area contributed by atoms with E-state index >= 15 is 0 Å². The minimum atomic E-state index is -0.0945. The van der Waals surface area contributed by atoms with Gasteiger partial charge in [0, 0.05) is 17.8 Å². The van der Waals surface area contributed by atoms with Crippen LogP contribution in [0.3, 0.4) is 0 Å². The first-order valence-corrected chi connectivity index (χ1v) is 11.4. The molecule has 0 bridgehead atoms. The molecule has 2 aliphatic rings. The highest BCUT2D eigenvalue weighted by Gasteiger charge is 2.45. The number of epoxide rings is 1. The van der Waals surface area contributed by atoms with E-state index in [2.05, 4.69) is 31.8 Å². The molecule has 0 amide bonds. The Balaban J connectivity index is 1.19. The van der Waals surface area contributed by atoms with Gasteiger partial charge in [0.25, 0.3) is 0 Å². The molecule has 4 unspecified atom stereocenters. The van der Waals surface area contributed by atoms with Gasteiger partial charge in [-0.15, -0.1) is 5.10 Å². The van der Waals surface area contributed by atoms with Crippen molar-refractivity contribution in [2.24, 2.45) is 11.7 Å². The Morgan fingerprint density at radius 3 is 2.82 bits per heavy atom. The monoisotopic (exact) mass is 456 g/mol. The summed E-state index contributed by atoms with van der Waals surface area (Å²) in [6.07, 6.45) is 9.14. The molecule has 1 saturated heterocycles. The second-order valence-corrected chi connectivity index (χ2v) is 8.83. The van der Waals surface area contributed by atoms with Gasteiger partial charge in [-0.1, -0.05) is 17.3 Å². The molecule has 6 rings (SSSR count). The molecule has 1 aliphatic carbocycles. The van der Waals surface area contributed by atoms with Crippen LogP contribution < -0.4 is 11.1 Å². The summed E-state index contributed by atoms with van der Waals surface area (Å²) in [4.78, 5) is 9.14. The second-order valence-electron chi connectivity index (χ2n) is 8.83. The molecule has 11 heteroatoms. The predicted octanol–water partition coefficient (Wildman–Crippen LogP) is 2.25. The smallest absolute Gasteiger partial charge is 0.225 e. The molecule has 0 spiro atoms. The predicted molar refractivity (Wildman–Crippen MR) is 124 cm³/mol. The molecule has 172 valence electrons. The third-order valence-electron chi connectivity index (χ3n) is 6.56. The van der Waals surface area contributed by atoms with Gasteiger partial charge in [-0.25, -0.2) is 4.98 Å². The van der Waals surface area contributed by atoms with E-state index in [0.717, 1.165) is 36.1 Å². The number of ether oxygens (including phenoxy) is 1. The molecule has 11 nitrogen and oxygen atoms in total. The van der Waals surface area contributed by atoms with Crippen molar-refractivity contribution in [3.63, 3.8) is 0 Å². The van der Waals surface area contributed by atoms with E-state index in [1.54, 1.807) is 21.8 Å². The average molecular weight is 457 g/mol. The van der Waals surface area contributed by atoms with Crippen molar-refractivity contribution in [1.29, 1.82) is 5.26 Å². The lowest BCUT2D eigenvalue weighted by molar-refractivity contribution is 0.317. The van der Waals surface area contributed by atoms with Gasteiger partial charge < -0.3 is 15.8 Å². The number of hydrogen-bond donors (Lipinski definition) is 2. The van der Waals surface area contributed by atoms with Crippen LogP contribution in [0.5, 0.6) is 0 Å². The summed E-state index contributed by atoms with van der Waals surface area (Å²) in [5.74, 6) is 1.07. The van der Waals surface area contributed by atoms with Crippen LogP contribution in [-0.2, 0) is 11.3 Å². The first kappa shape index (κ1) is 20.7. The number of hydrogen-bond acceptors (Lipinski definition) is 9. The summed E-state index contributed by atoms with van der Waals surface area (Å²) in [6.45, 7) is 0.582. The van der Waals surface area contributed by atoms with Crippen molar-refractivity contribution in [3.8, 4) is 22.9 Å². The summed E-state index contributed by atoms with van der Waals surface area (Å²) >= 11 is 0. The van der Waals surface area contributed by atoms with Crippen molar-refractivity contribution in [3.05, 3.63) is 42.9 Å². The first-order chi connectivity index (χ1) is 16.7. The van der Waals surface area contributed by atoms with Gasteiger partial charge in [0.1, 0.15) is 12.3 Å². The van der Waals surface area contributed by atoms with Gasteiger partial charge in [-0.05, 0) is 42.9 Å². The van der Waals surface area contributed by atoms with Crippen LogP contribution >= 0.6 is 0 Å². The molecule has 1 saturated carbocycles. The molecule has 0 radical (unpaired) electrons. The zero-order valence-corrected chi connectivity index (χ0v) is 18.4. The third kappa shape index (κ3) is 3.98. The Morgan fingerprint density at radius 2 is 2.03 bits per heavy atom. The molecular formula is C23H24N10O. The standard InChI is InChI=1S/C23H24N10O/c24-8-1-9-32-13-16(11-27-32)14-3-6-18(7-4-14)33-22-19(30-31-33)12-26-23(29-22)28-17-5-2-15(10-17)20-21(25)34-20/h3-4,6-7,11-13,15,17,20-21H,1-2,5,9-10,25H2,(H,26,28,29). The van der Waals surface area contributed by atoms with Gasteiger partial charge >= 0.3 is 0 Å². The Hall–Kier alpha value is -3.88. The fourth-order valence-electron chi connectivity index (χ4n) is 4.71. The second kappa shape index (κ2) is 8.48. The minimum absolute atomic E-state index is 0.0945. The average Bonchev–Trinajstić information content (AvgIpc) is 3.27. The van der Waals surface area contributed by atoms with E-state index < -0.39 is 0 Å². The zero-order chi connectivity index (χ0) is 23.1. The summed E-state index contributed by atoms with van der Waals surface area (Å²) in [7, 11) is 0. The Bertz CT molecular complexity index is 1350. The van der Waals surface area contributed by atoms with Crippen LogP contribution in [0.2, 0.25) is 0 Å². The van der Waals surface area contributed by atoms with Crippen LogP contribution in [0, 0.1) is 17.2 Å². The molecule has 2 fully saturated rings. The number of fused-ring (bicyclic) bond motifs is 1. The Kier molecular flexibility index (Phi) is 5.16. The van der Waals surface area contributed by atoms with E-state index in [0.29, 0.717) is 42.0 Å². The number of rotatable bonds is 7. The maximum Gasteiger partial charge on any atom is 0.225 e. The topological polar surface area (TPSA) is 149 Å². The van der Waals surface area contributed by atoms with Crippen molar-refractivity contribution in [1.82, 2.24) is 34.7 Å². The maximum absolute atomic E-state index is 8.75. The number of nitriles is 1. The lowest BCUT2D eigenvalue weighted by atomic mass is 10.0. The fraction of sp³-hybridized carbons (Fsp3) is 0.391. The summed E-state index contributed by atoms with van der Waals surface area (Å²) < 4.78 is 8.95. The number of benzene rings is 1. The van der Waals surface area contributed by atoms with E-state index in [1.165, 1.54) is 0 Å². The van der Waals surface area contributed by atoms with Gasteiger partial charge in [-0.2, -0.15) is 20.0 Å². The van der Waals surface area contributed by atoms with Gasteiger partial charge in [0.2, 0.25) is 5.95 Å². The van der Waals surface area contributed by atoms with E-state index in [9.17, 15) is 0 Å². The highest BCUT2D eigenvalue weighted by atomic mass is 16.6. The maximum atomic E-state index is 8.75. The van der Waals surface area contributed by atoms with Gasteiger partial charge in [-0.3, -0.25) is 4.68 Å². The SMILES string of the molecule is N#CCCn1cc(-c2ccc(-n3nnc4cnc(NC5CCC(C6OC6N)C5)nc43)cc2)cn1. The number of aromatic nitrogens is 7. The quantitative estimate of drug-likeness (QED) is 0.399. The van der Waals surface area contributed by atoms with Crippen LogP contribution in [0.1, 0.15) is 25.7 Å². The van der Waals surface area contributed by atoms with Gasteiger partial charge in [0.15, 0.2) is 11.2 Å². The fourth-order valence-corrected chi connectivity index (χ4v) is 4.71. The largest absolute Gasteiger partial charge is 0.353 e. The molecule has 4 heterocycles. The third-order valence-corrected chi connectivity index (χ3v) is 6.56. The van der Waals surface area contributed by atoms with Crippen molar-refractivity contribution in [2.45, 2.75) is 50.6 Å². The number of nitrogens with two attached hydrogens (primary N) is 1. The highest BCUT2D eigenvalue weighted by molar-refractivity contribution is 5.72. The molecular weight excluding hydrogens is 432 g/mol. The van der Waals surface area contributed by atoms with Crippen molar-refractivity contribution < 1.29 is 4.74 Å². The van der Waals surface area contributed by atoms with Crippen LogP contribution in [0.25, 0.3) is 28.0 Å². The molecule has 1 aromatic carbocycles. The Labute approximate surface area is 195 Å². The lowest BCUT2D eigenvalue weighted by Gasteiger charge is -2.12. The summed E-state index contributed by atoms with van der Waals surface area (Å²) in [5, 5.41) is 25.0. The number of nitrogens with zero attached hydrogens (tertiary/aromatic N) is 8.